The Morgan fingerprint density at radius 1 is 0.960 bits per heavy atom. The number of carbonyl (C=O) groups excluding carboxylic acids is 2. The van der Waals surface area contributed by atoms with Crippen molar-refractivity contribution in [3.05, 3.63) is 42.5 Å². The lowest BCUT2D eigenvalue weighted by atomic mass is 9.92. The molecule has 25 heavy (non-hydrogen) atoms. The number of ketones is 1. The summed E-state index contributed by atoms with van der Waals surface area (Å²) in [5.74, 6) is -0.00747. The number of rotatable bonds is 5. The summed E-state index contributed by atoms with van der Waals surface area (Å²) >= 11 is 0. The average Bonchev–Trinajstić information content (AvgIpc) is 2.60. The van der Waals surface area contributed by atoms with E-state index in [1.165, 1.54) is 6.08 Å². The Morgan fingerprint density at radius 2 is 1.40 bits per heavy atom. The molecule has 0 aliphatic carbocycles. The topological polar surface area (TPSA) is 46.2 Å². The van der Waals surface area contributed by atoms with Crippen LogP contribution in [0.1, 0.15) is 74.3 Å². The van der Waals surface area contributed by atoms with Crippen LogP contribution >= 0.6 is 0 Å². The number of nitrogens with one attached hydrogen (secondary N) is 1. The summed E-state index contributed by atoms with van der Waals surface area (Å²) in [5.41, 5.74) is 1.64. The zero-order chi connectivity index (χ0) is 20.5. The summed E-state index contributed by atoms with van der Waals surface area (Å²) in [6.45, 7) is 21.5. The van der Waals surface area contributed by atoms with E-state index in [0.717, 1.165) is 11.3 Å². The lowest BCUT2D eigenvalue weighted by Crippen LogP contribution is -2.19. The third-order valence-corrected chi connectivity index (χ3v) is 2.53. The number of hydrogen-bond donors (Lipinski definition) is 1. The molecule has 0 fully saturated rings. The van der Waals surface area contributed by atoms with Gasteiger partial charge in [0.05, 0.1) is 0 Å². The molecule has 0 unspecified atom stereocenters. The molecule has 0 aromatic heterocycles. The summed E-state index contributed by atoms with van der Waals surface area (Å²) in [7, 11) is 0. The molecule has 1 rings (SSSR count). The summed E-state index contributed by atoms with van der Waals surface area (Å²) in [6, 6.07) is 7.31. The first-order valence-corrected chi connectivity index (χ1v) is 9.34. The first kappa shape index (κ1) is 27.9. The van der Waals surface area contributed by atoms with Crippen LogP contribution in [0.5, 0.6) is 0 Å². The minimum Gasteiger partial charge on any atom is -0.326 e. The van der Waals surface area contributed by atoms with Crippen molar-refractivity contribution in [1.29, 1.82) is 0 Å². The first-order chi connectivity index (χ1) is 11.8. The fraction of sp³-hybridized carbons (Fsp3) is 0.545. The second-order valence-electron chi connectivity index (χ2n) is 5.83. The van der Waals surface area contributed by atoms with E-state index >= 15 is 0 Å². The van der Waals surface area contributed by atoms with Crippen molar-refractivity contribution in [3.63, 3.8) is 0 Å². The maximum Gasteiger partial charge on any atom is 0.224 e. The molecule has 0 bridgehead atoms. The second-order valence-corrected chi connectivity index (χ2v) is 5.83. The Balaban J connectivity index is -0.000000725. The number of anilines is 1. The van der Waals surface area contributed by atoms with Crippen molar-refractivity contribution in [1.82, 2.24) is 0 Å². The van der Waals surface area contributed by atoms with Gasteiger partial charge in [-0.25, -0.2) is 0 Å². The van der Waals surface area contributed by atoms with Crippen LogP contribution < -0.4 is 5.32 Å². The average molecular weight is 350 g/mol. The van der Waals surface area contributed by atoms with Gasteiger partial charge in [-0.15, -0.1) is 0 Å². The standard InChI is InChI=1S/C16H21NO2.3C2H6/c1-5-14(18)10-12-6-8-13(9-7-12)17-15(19)11-16(2,3)4;3*1-2/h5-9H,1,10-11H2,2-4H3,(H,17,19);3*1-2H3. The van der Waals surface area contributed by atoms with Gasteiger partial charge in [0.15, 0.2) is 5.78 Å². The maximum atomic E-state index is 11.8. The van der Waals surface area contributed by atoms with Crippen molar-refractivity contribution in [2.45, 2.75) is 75.2 Å². The number of amides is 1. The molecule has 0 heterocycles. The molecule has 1 N–H and O–H groups in total. The van der Waals surface area contributed by atoms with Crippen molar-refractivity contribution in [2.24, 2.45) is 5.41 Å². The predicted molar refractivity (Wildman–Crippen MR) is 112 cm³/mol. The van der Waals surface area contributed by atoms with Crippen molar-refractivity contribution in [3.8, 4) is 0 Å². The van der Waals surface area contributed by atoms with Crippen molar-refractivity contribution >= 4 is 17.4 Å². The minimum absolute atomic E-state index is 0.00224. The molecule has 0 aliphatic heterocycles. The third kappa shape index (κ3) is 16.7. The van der Waals surface area contributed by atoms with Crippen LogP contribution in [0, 0.1) is 5.41 Å². The Hall–Kier alpha value is -1.90. The van der Waals surface area contributed by atoms with E-state index in [1.54, 1.807) is 0 Å². The fourth-order valence-corrected chi connectivity index (χ4v) is 1.67. The quantitative estimate of drug-likeness (QED) is 0.622. The van der Waals surface area contributed by atoms with Gasteiger partial charge in [0.2, 0.25) is 5.91 Å². The third-order valence-electron chi connectivity index (χ3n) is 2.53. The lowest BCUT2D eigenvalue weighted by Gasteiger charge is -2.17. The number of benzene rings is 1. The van der Waals surface area contributed by atoms with Gasteiger partial charge >= 0.3 is 0 Å². The van der Waals surface area contributed by atoms with Gasteiger partial charge < -0.3 is 5.32 Å². The van der Waals surface area contributed by atoms with Gasteiger partial charge in [0.1, 0.15) is 0 Å². The molecule has 1 aromatic rings. The molecule has 0 radical (unpaired) electrons. The van der Waals surface area contributed by atoms with E-state index in [1.807, 2.05) is 86.6 Å². The number of allylic oxidation sites excluding steroid dienone is 1. The van der Waals surface area contributed by atoms with Gasteiger partial charge in [-0.05, 0) is 29.2 Å². The van der Waals surface area contributed by atoms with E-state index in [2.05, 4.69) is 11.9 Å². The van der Waals surface area contributed by atoms with Gasteiger partial charge in [-0.1, -0.05) is 81.0 Å². The Bertz CT molecular complexity index is 468. The highest BCUT2D eigenvalue weighted by Gasteiger charge is 2.15. The SMILES string of the molecule is C=CC(=O)Cc1ccc(NC(=O)CC(C)(C)C)cc1.CC.CC.CC. The fourth-order valence-electron chi connectivity index (χ4n) is 1.67. The highest BCUT2D eigenvalue weighted by Crippen LogP contribution is 2.19. The summed E-state index contributed by atoms with van der Waals surface area (Å²) < 4.78 is 0. The Labute approximate surface area is 155 Å². The normalized spacial score (nSPS) is 9.00. The molecular formula is C22H39NO2. The molecule has 1 amide bonds. The van der Waals surface area contributed by atoms with Crippen molar-refractivity contribution in [2.75, 3.05) is 5.32 Å². The smallest absolute Gasteiger partial charge is 0.224 e. The molecule has 0 saturated carbocycles. The Kier molecular flexibility index (Phi) is 18.9. The zero-order valence-corrected chi connectivity index (χ0v) is 17.8. The van der Waals surface area contributed by atoms with Gasteiger partial charge in [0, 0.05) is 18.5 Å². The summed E-state index contributed by atoms with van der Waals surface area (Å²) in [6.07, 6.45) is 2.14. The van der Waals surface area contributed by atoms with Crippen LogP contribution in [0.25, 0.3) is 0 Å². The van der Waals surface area contributed by atoms with E-state index in [9.17, 15) is 9.59 Å². The van der Waals surface area contributed by atoms with Crippen LogP contribution in [-0.2, 0) is 16.0 Å². The molecule has 1 aromatic carbocycles. The molecular weight excluding hydrogens is 310 g/mol. The van der Waals surface area contributed by atoms with Crippen LogP contribution in [0.15, 0.2) is 36.9 Å². The van der Waals surface area contributed by atoms with Crippen LogP contribution in [-0.4, -0.2) is 11.7 Å². The zero-order valence-electron chi connectivity index (χ0n) is 17.8. The highest BCUT2D eigenvalue weighted by molar-refractivity contribution is 5.92. The highest BCUT2D eigenvalue weighted by atomic mass is 16.1. The largest absolute Gasteiger partial charge is 0.326 e. The number of carbonyl (C=O) groups is 2. The van der Waals surface area contributed by atoms with E-state index in [4.69, 9.17) is 0 Å². The molecule has 3 nitrogen and oxygen atoms in total. The first-order valence-electron chi connectivity index (χ1n) is 9.34. The second kappa shape index (κ2) is 16.9. The predicted octanol–water partition coefficient (Wildman–Crippen LogP) is 6.44. The number of hydrogen-bond acceptors (Lipinski definition) is 2. The van der Waals surface area contributed by atoms with Gasteiger partial charge in [0.25, 0.3) is 0 Å². The maximum absolute atomic E-state index is 11.8. The molecule has 0 saturated heterocycles. The van der Waals surface area contributed by atoms with Gasteiger partial charge in [-0.3, -0.25) is 9.59 Å². The lowest BCUT2D eigenvalue weighted by molar-refractivity contribution is -0.118. The van der Waals surface area contributed by atoms with Crippen LogP contribution in [0.2, 0.25) is 0 Å². The molecule has 3 heteroatoms. The molecule has 0 aliphatic rings. The Morgan fingerprint density at radius 3 is 1.76 bits per heavy atom. The monoisotopic (exact) mass is 349 g/mol. The van der Waals surface area contributed by atoms with Gasteiger partial charge in [-0.2, -0.15) is 0 Å². The molecule has 0 spiro atoms. The van der Waals surface area contributed by atoms with Crippen molar-refractivity contribution < 1.29 is 9.59 Å². The van der Waals surface area contributed by atoms with E-state index in [-0.39, 0.29) is 17.1 Å². The minimum atomic E-state index is -0.0274. The van der Waals surface area contributed by atoms with Crippen LogP contribution in [0.3, 0.4) is 0 Å². The van der Waals surface area contributed by atoms with E-state index < -0.39 is 0 Å². The van der Waals surface area contributed by atoms with E-state index in [0.29, 0.717) is 12.8 Å². The molecule has 0 atom stereocenters. The molecule has 144 valence electrons. The summed E-state index contributed by atoms with van der Waals surface area (Å²) in [5, 5.41) is 2.85. The van der Waals surface area contributed by atoms with Crippen LogP contribution in [0.4, 0.5) is 5.69 Å². The summed E-state index contributed by atoms with van der Waals surface area (Å²) in [4.78, 5) is 23.0.